The number of benzene rings is 1. The molecule has 1 aromatic rings. The molecule has 1 N–H and O–H groups in total. The van der Waals surface area contributed by atoms with Crippen LogP contribution in [0.4, 0.5) is 4.39 Å². The molecule has 1 heterocycles. The fraction of sp³-hybridized carbons (Fsp3) is 0.600. The van der Waals surface area contributed by atoms with Gasteiger partial charge in [-0.2, -0.15) is 0 Å². The Bertz CT molecular complexity index is 632. The summed E-state index contributed by atoms with van der Waals surface area (Å²) in [6.07, 6.45) is 3.70. The number of hydrogen-bond donors (Lipinski definition) is 1. The smallest absolute Gasteiger partial charge is 0.178 e. The van der Waals surface area contributed by atoms with Crippen LogP contribution in [0.3, 0.4) is 0 Å². The van der Waals surface area contributed by atoms with Crippen LogP contribution in [0.2, 0.25) is 0 Å². The highest BCUT2D eigenvalue weighted by Gasteiger charge is 2.33. The first kappa shape index (κ1) is 14.9. The third kappa shape index (κ3) is 2.98. The summed E-state index contributed by atoms with van der Waals surface area (Å²) in [6.45, 7) is 0. The maximum Gasteiger partial charge on any atom is 0.178 e. The first-order valence-corrected chi connectivity index (χ1v) is 8.96. The molecule has 0 bridgehead atoms. The molecular formula is C15H20FNO3S. The summed E-state index contributed by atoms with van der Waals surface area (Å²) < 4.78 is 43.1. The Morgan fingerprint density at radius 1 is 1.29 bits per heavy atom. The number of rotatable bonds is 3. The predicted molar refractivity (Wildman–Crippen MR) is 77.4 cm³/mol. The summed E-state index contributed by atoms with van der Waals surface area (Å²) in [5, 5.41) is 3.49. The molecule has 1 aliphatic heterocycles. The number of hydrogen-bond acceptors (Lipinski definition) is 4. The second-order valence-corrected chi connectivity index (χ2v) is 7.95. The Balaban J connectivity index is 1.83. The molecule has 1 saturated carbocycles. The Kier molecular flexibility index (Phi) is 4.03. The van der Waals surface area contributed by atoms with Crippen LogP contribution in [-0.2, 0) is 14.6 Å². The zero-order valence-corrected chi connectivity index (χ0v) is 12.8. The molecule has 3 unspecified atom stereocenters. The minimum absolute atomic E-state index is 0.0974. The van der Waals surface area contributed by atoms with E-state index in [2.05, 4.69) is 5.32 Å². The van der Waals surface area contributed by atoms with Crippen LogP contribution in [0.5, 0.6) is 0 Å². The molecule has 2 aliphatic rings. The molecule has 4 nitrogen and oxygen atoms in total. The van der Waals surface area contributed by atoms with Crippen molar-refractivity contribution in [2.75, 3.05) is 12.9 Å². The molecule has 0 spiro atoms. The van der Waals surface area contributed by atoms with Crippen molar-refractivity contribution >= 4 is 9.84 Å². The van der Waals surface area contributed by atoms with Crippen molar-refractivity contribution in [2.45, 2.75) is 48.8 Å². The number of fused-ring (bicyclic) bond motifs is 1. The standard InChI is InChI=1S/C15H20FNO3S/c1-20-12-4-3-11(9-12)17-14-6-7-21(18,19)15-5-2-10(16)8-13(14)15/h2,5,8,11-12,14,17H,3-4,6-7,9H2,1H3. The lowest BCUT2D eigenvalue weighted by Gasteiger charge is -2.29. The van der Waals surface area contributed by atoms with Crippen LogP contribution in [-0.4, -0.2) is 33.4 Å². The van der Waals surface area contributed by atoms with E-state index in [0.29, 0.717) is 18.0 Å². The second-order valence-electron chi connectivity index (χ2n) is 5.88. The van der Waals surface area contributed by atoms with Crippen molar-refractivity contribution in [2.24, 2.45) is 0 Å². The molecule has 21 heavy (non-hydrogen) atoms. The molecule has 0 saturated heterocycles. The summed E-state index contributed by atoms with van der Waals surface area (Å²) in [5.74, 6) is -0.275. The molecule has 0 amide bonds. The molecule has 1 fully saturated rings. The van der Waals surface area contributed by atoms with E-state index >= 15 is 0 Å². The van der Waals surface area contributed by atoms with Crippen molar-refractivity contribution < 1.29 is 17.5 Å². The Morgan fingerprint density at radius 2 is 2.10 bits per heavy atom. The second kappa shape index (κ2) is 5.66. The summed E-state index contributed by atoms with van der Waals surface area (Å²) in [5.41, 5.74) is 0.571. The van der Waals surface area contributed by atoms with Gasteiger partial charge in [-0.1, -0.05) is 0 Å². The Hall–Kier alpha value is -0.980. The fourth-order valence-electron chi connectivity index (χ4n) is 3.38. The number of sulfone groups is 1. The van der Waals surface area contributed by atoms with Crippen molar-refractivity contribution in [3.63, 3.8) is 0 Å². The van der Waals surface area contributed by atoms with Gasteiger partial charge in [0.2, 0.25) is 0 Å². The topological polar surface area (TPSA) is 55.4 Å². The van der Waals surface area contributed by atoms with E-state index < -0.39 is 9.84 Å². The van der Waals surface area contributed by atoms with E-state index in [4.69, 9.17) is 4.74 Å². The van der Waals surface area contributed by atoms with Crippen molar-refractivity contribution in [3.05, 3.63) is 29.6 Å². The monoisotopic (exact) mass is 313 g/mol. The fourth-order valence-corrected chi connectivity index (χ4v) is 4.98. The van der Waals surface area contributed by atoms with Gasteiger partial charge in [-0.25, -0.2) is 12.8 Å². The summed E-state index contributed by atoms with van der Waals surface area (Å²) >= 11 is 0. The molecule has 3 rings (SSSR count). The van der Waals surface area contributed by atoms with E-state index in [1.54, 1.807) is 7.11 Å². The van der Waals surface area contributed by atoms with E-state index in [1.165, 1.54) is 18.2 Å². The molecular weight excluding hydrogens is 293 g/mol. The average Bonchev–Trinajstić information content (AvgIpc) is 2.89. The lowest BCUT2D eigenvalue weighted by Crippen LogP contribution is -2.36. The zero-order valence-electron chi connectivity index (χ0n) is 12.0. The van der Waals surface area contributed by atoms with Crippen LogP contribution in [0.25, 0.3) is 0 Å². The SMILES string of the molecule is COC1CCC(NC2CCS(=O)(=O)c3ccc(F)cc32)C1. The third-order valence-corrected chi connectivity index (χ3v) is 6.33. The number of nitrogens with one attached hydrogen (secondary N) is 1. The van der Waals surface area contributed by atoms with Gasteiger partial charge in [-0.15, -0.1) is 0 Å². The maximum absolute atomic E-state index is 13.5. The van der Waals surface area contributed by atoms with Crippen LogP contribution in [0.1, 0.15) is 37.3 Å². The van der Waals surface area contributed by atoms with E-state index in [9.17, 15) is 12.8 Å². The largest absolute Gasteiger partial charge is 0.381 e. The van der Waals surface area contributed by atoms with Gasteiger partial charge >= 0.3 is 0 Å². The molecule has 3 atom stereocenters. The average molecular weight is 313 g/mol. The molecule has 0 aromatic heterocycles. The lowest BCUT2D eigenvalue weighted by molar-refractivity contribution is 0.106. The van der Waals surface area contributed by atoms with Gasteiger partial charge in [0.1, 0.15) is 5.82 Å². The quantitative estimate of drug-likeness (QED) is 0.869. The van der Waals surface area contributed by atoms with Crippen molar-refractivity contribution in [1.29, 1.82) is 0 Å². The van der Waals surface area contributed by atoms with Gasteiger partial charge in [0.25, 0.3) is 0 Å². The van der Waals surface area contributed by atoms with Gasteiger partial charge in [0.05, 0.1) is 16.8 Å². The van der Waals surface area contributed by atoms with Crippen molar-refractivity contribution in [1.82, 2.24) is 5.32 Å². The molecule has 116 valence electrons. The minimum atomic E-state index is -3.27. The first-order chi connectivity index (χ1) is 9.99. The van der Waals surface area contributed by atoms with Gasteiger partial charge in [-0.05, 0) is 49.4 Å². The third-order valence-electron chi connectivity index (χ3n) is 4.51. The highest BCUT2D eigenvalue weighted by atomic mass is 32.2. The summed E-state index contributed by atoms with van der Waals surface area (Å²) in [4.78, 5) is 0.272. The molecule has 0 radical (unpaired) electrons. The van der Waals surface area contributed by atoms with Gasteiger partial charge in [0, 0.05) is 19.2 Å². The predicted octanol–water partition coefficient (Wildman–Crippen LogP) is 2.20. The normalized spacial score (nSPS) is 31.0. The summed E-state index contributed by atoms with van der Waals surface area (Å²) in [7, 11) is -1.56. The van der Waals surface area contributed by atoms with E-state index in [-0.39, 0.29) is 28.6 Å². The Morgan fingerprint density at radius 3 is 2.81 bits per heavy atom. The molecule has 6 heteroatoms. The summed E-state index contributed by atoms with van der Waals surface area (Å²) in [6, 6.07) is 4.17. The molecule has 1 aliphatic carbocycles. The van der Waals surface area contributed by atoms with Crippen LogP contribution in [0.15, 0.2) is 23.1 Å². The lowest BCUT2D eigenvalue weighted by atomic mass is 10.0. The van der Waals surface area contributed by atoms with E-state index in [0.717, 1.165) is 19.3 Å². The first-order valence-electron chi connectivity index (χ1n) is 7.30. The number of methoxy groups -OCH3 is 1. The van der Waals surface area contributed by atoms with E-state index in [1.807, 2.05) is 0 Å². The van der Waals surface area contributed by atoms with Gasteiger partial charge in [0.15, 0.2) is 9.84 Å². The molecule has 1 aromatic carbocycles. The highest BCUT2D eigenvalue weighted by Crippen LogP contribution is 2.34. The van der Waals surface area contributed by atoms with Crippen LogP contribution >= 0.6 is 0 Å². The van der Waals surface area contributed by atoms with Crippen LogP contribution in [0, 0.1) is 5.82 Å². The van der Waals surface area contributed by atoms with Gasteiger partial charge in [-0.3, -0.25) is 0 Å². The van der Waals surface area contributed by atoms with Gasteiger partial charge < -0.3 is 10.1 Å². The number of halogens is 1. The zero-order chi connectivity index (χ0) is 15.0. The van der Waals surface area contributed by atoms with Crippen LogP contribution < -0.4 is 5.32 Å². The maximum atomic E-state index is 13.5. The number of ether oxygens (including phenoxy) is 1. The minimum Gasteiger partial charge on any atom is -0.381 e. The van der Waals surface area contributed by atoms with Crippen molar-refractivity contribution in [3.8, 4) is 0 Å². The Labute approximate surface area is 124 Å². The highest BCUT2D eigenvalue weighted by molar-refractivity contribution is 7.91.